The summed E-state index contributed by atoms with van der Waals surface area (Å²) in [6.07, 6.45) is 1.82. The van der Waals surface area contributed by atoms with E-state index in [4.69, 9.17) is 17.3 Å². The van der Waals surface area contributed by atoms with Crippen LogP contribution in [0.25, 0.3) is 0 Å². The van der Waals surface area contributed by atoms with Crippen molar-refractivity contribution in [1.29, 1.82) is 0 Å². The molecule has 2 aromatic rings. The third-order valence-corrected chi connectivity index (χ3v) is 3.81. The summed E-state index contributed by atoms with van der Waals surface area (Å²) in [7, 11) is 0. The van der Waals surface area contributed by atoms with Crippen molar-refractivity contribution in [3.8, 4) is 0 Å². The molecule has 0 spiro atoms. The molecule has 2 unspecified atom stereocenters. The van der Waals surface area contributed by atoms with Crippen LogP contribution in [-0.4, -0.2) is 22.5 Å². The fourth-order valence-corrected chi connectivity index (χ4v) is 2.84. The Bertz CT molecular complexity index is 557. The monoisotopic (exact) mass is 303 g/mol. The van der Waals surface area contributed by atoms with Crippen molar-refractivity contribution in [2.24, 2.45) is 5.73 Å². The van der Waals surface area contributed by atoms with Crippen LogP contribution in [0.1, 0.15) is 31.1 Å². The zero-order chi connectivity index (χ0) is 15.2. The Morgan fingerprint density at radius 2 is 2.05 bits per heavy atom. The number of hydrogen-bond acceptors (Lipinski definition) is 3. The van der Waals surface area contributed by atoms with Crippen LogP contribution in [0, 0.1) is 0 Å². The molecular weight excluding hydrogens is 282 g/mol. The fourth-order valence-electron chi connectivity index (χ4n) is 2.64. The first-order valence-electron chi connectivity index (χ1n) is 7.26. The Morgan fingerprint density at radius 1 is 1.24 bits per heavy atom. The van der Waals surface area contributed by atoms with Crippen molar-refractivity contribution in [3.05, 3.63) is 64.9 Å². The minimum absolute atomic E-state index is 0.00660. The molecule has 2 atom stereocenters. The van der Waals surface area contributed by atoms with Crippen LogP contribution >= 0.6 is 11.6 Å². The number of likely N-dealkylation sites (N-methyl/N-ethyl adjacent to an activating group) is 1. The predicted molar refractivity (Wildman–Crippen MR) is 88.2 cm³/mol. The van der Waals surface area contributed by atoms with Crippen molar-refractivity contribution < 1.29 is 0 Å². The standard InChI is InChI=1S/C17H22ClN3/c1-3-21(12-16-9-4-5-10-20-16)17(13(2)19)14-7-6-8-15(18)11-14/h4-11,13,17H,3,12,19H2,1-2H3. The average molecular weight is 304 g/mol. The molecule has 1 aromatic carbocycles. The molecule has 0 bridgehead atoms. The fraction of sp³-hybridized carbons (Fsp3) is 0.353. The van der Waals surface area contributed by atoms with E-state index in [1.165, 1.54) is 0 Å². The normalized spacial score (nSPS) is 14.1. The second-order valence-corrected chi connectivity index (χ2v) is 5.68. The molecule has 0 radical (unpaired) electrons. The first-order valence-corrected chi connectivity index (χ1v) is 7.64. The molecule has 0 amide bonds. The van der Waals surface area contributed by atoms with Crippen LogP contribution < -0.4 is 5.73 Å². The van der Waals surface area contributed by atoms with Crippen molar-refractivity contribution in [1.82, 2.24) is 9.88 Å². The van der Waals surface area contributed by atoms with E-state index < -0.39 is 0 Å². The number of hydrogen-bond donors (Lipinski definition) is 1. The zero-order valence-electron chi connectivity index (χ0n) is 12.5. The molecule has 112 valence electrons. The number of aromatic nitrogens is 1. The highest BCUT2D eigenvalue weighted by Gasteiger charge is 2.23. The maximum absolute atomic E-state index is 6.24. The summed E-state index contributed by atoms with van der Waals surface area (Å²) in [5, 5.41) is 0.743. The Morgan fingerprint density at radius 3 is 2.62 bits per heavy atom. The van der Waals surface area contributed by atoms with E-state index >= 15 is 0 Å². The topological polar surface area (TPSA) is 42.2 Å². The van der Waals surface area contributed by atoms with Gasteiger partial charge in [-0.2, -0.15) is 0 Å². The quantitative estimate of drug-likeness (QED) is 0.886. The number of benzene rings is 1. The van der Waals surface area contributed by atoms with E-state index in [1.54, 1.807) is 0 Å². The average Bonchev–Trinajstić information content (AvgIpc) is 2.47. The minimum atomic E-state index is 0.00660. The molecule has 1 heterocycles. The van der Waals surface area contributed by atoms with Gasteiger partial charge in [-0.25, -0.2) is 0 Å². The molecule has 4 heteroatoms. The number of pyridine rings is 1. The van der Waals surface area contributed by atoms with Gasteiger partial charge in [-0.15, -0.1) is 0 Å². The van der Waals surface area contributed by atoms with Crippen molar-refractivity contribution in [3.63, 3.8) is 0 Å². The molecule has 1 aromatic heterocycles. The Hall–Kier alpha value is -1.42. The predicted octanol–water partition coefficient (Wildman–Crippen LogP) is 3.65. The molecule has 0 aliphatic carbocycles. The van der Waals surface area contributed by atoms with Gasteiger partial charge in [0.2, 0.25) is 0 Å². The highest BCUT2D eigenvalue weighted by molar-refractivity contribution is 6.30. The van der Waals surface area contributed by atoms with Gasteiger partial charge in [-0.3, -0.25) is 9.88 Å². The van der Waals surface area contributed by atoms with Crippen LogP contribution in [0.4, 0.5) is 0 Å². The van der Waals surface area contributed by atoms with Gasteiger partial charge in [-0.05, 0) is 43.3 Å². The smallest absolute Gasteiger partial charge is 0.0544 e. The van der Waals surface area contributed by atoms with E-state index in [-0.39, 0.29) is 12.1 Å². The summed E-state index contributed by atoms with van der Waals surface area (Å²) in [5.74, 6) is 0. The lowest BCUT2D eigenvalue weighted by atomic mass is 9.99. The first kappa shape index (κ1) is 16.0. The lowest BCUT2D eigenvalue weighted by Crippen LogP contribution is -2.39. The third kappa shape index (κ3) is 4.27. The maximum atomic E-state index is 6.24. The summed E-state index contributed by atoms with van der Waals surface area (Å²) in [6.45, 7) is 5.85. The Labute approximate surface area is 131 Å². The van der Waals surface area contributed by atoms with Crippen molar-refractivity contribution in [2.45, 2.75) is 32.5 Å². The van der Waals surface area contributed by atoms with E-state index in [0.29, 0.717) is 0 Å². The van der Waals surface area contributed by atoms with Gasteiger partial charge in [0, 0.05) is 23.8 Å². The molecule has 2 rings (SSSR count). The Kier molecular flexibility index (Phi) is 5.74. The van der Waals surface area contributed by atoms with E-state index in [0.717, 1.165) is 29.4 Å². The summed E-state index contributed by atoms with van der Waals surface area (Å²) < 4.78 is 0. The van der Waals surface area contributed by atoms with Gasteiger partial charge in [0.15, 0.2) is 0 Å². The van der Waals surface area contributed by atoms with E-state index in [2.05, 4.69) is 22.9 Å². The van der Waals surface area contributed by atoms with Crippen molar-refractivity contribution >= 4 is 11.6 Å². The highest BCUT2D eigenvalue weighted by atomic mass is 35.5. The summed E-state index contributed by atoms with van der Waals surface area (Å²) in [5.41, 5.74) is 8.44. The number of nitrogens with two attached hydrogens (primary N) is 1. The minimum Gasteiger partial charge on any atom is -0.326 e. The van der Waals surface area contributed by atoms with Crippen LogP contribution in [-0.2, 0) is 6.54 Å². The van der Waals surface area contributed by atoms with Crippen LogP contribution in [0.3, 0.4) is 0 Å². The Balaban J connectivity index is 2.26. The second-order valence-electron chi connectivity index (χ2n) is 5.24. The van der Waals surface area contributed by atoms with Crippen molar-refractivity contribution in [2.75, 3.05) is 6.54 Å². The van der Waals surface area contributed by atoms with Gasteiger partial charge in [0.25, 0.3) is 0 Å². The van der Waals surface area contributed by atoms with Gasteiger partial charge in [0.1, 0.15) is 0 Å². The van der Waals surface area contributed by atoms with Gasteiger partial charge in [-0.1, -0.05) is 36.7 Å². The molecular formula is C17H22ClN3. The maximum Gasteiger partial charge on any atom is 0.0544 e. The van der Waals surface area contributed by atoms with Crippen LogP contribution in [0.2, 0.25) is 5.02 Å². The lowest BCUT2D eigenvalue weighted by molar-refractivity contribution is 0.175. The molecule has 2 N–H and O–H groups in total. The first-order chi connectivity index (χ1) is 10.1. The number of nitrogens with zero attached hydrogens (tertiary/aromatic N) is 2. The van der Waals surface area contributed by atoms with E-state index in [9.17, 15) is 0 Å². The molecule has 0 aliphatic rings. The number of rotatable bonds is 6. The zero-order valence-corrected chi connectivity index (χ0v) is 13.3. The van der Waals surface area contributed by atoms with Gasteiger partial charge >= 0.3 is 0 Å². The molecule has 0 fully saturated rings. The van der Waals surface area contributed by atoms with Gasteiger partial charge < -0.3 is 5.73 Å². The SMILES string of the molecule is CCN(Cc1ccccn1)C(c1cccc(Cl)c1)C(C)N. The molecule has 0 saturated carbocycles. The summed E-state index contributed by atoms with van der Waals surface area (Å²) >= 11 is 6.13. The van der Waals surface area contributed by atoms with Gasteiger partial charge in [0.05, 0.1) is 11.7 Å². The summed E-state index contributed by atoms with van der Waals surface area (Å²) in [6, 6.07) is 14.1. The lowest BCUT2D eigenvalue weighted by Gasteiger charge is -2.33. The molecule has 0 saturated heterocycles. The highest BCUT2D eigenvalue weighted by Crippen LogP contribution is 2.26. The largest absolute Gasteiger partial charge is 0.326 e. The molecule has 0 aliphatic heterocycles. The van der Waals surface area contributed by atoms with Crippen LogP contribution in [0.15, 0.2) is 48.7 Å². The summed E-state index contributed by atoms with van der Waals surface area (Å²) in [4.78, 5) is 6.74. The second kappa shape index (κ2) is 7.55. The van der Waals surface area contributed by atoms with Crippen LogP contribution in [0.5, 0.6) is 0 Å². The molecule has 3 nitrogen and oxygen atoms in total. The third-order valence-electron chi connectivity index (χ3n) is 3.58. The molecule has 21 heavy (non-hydrogen) atoms. The van der Waals surface area contributed by atoms with E-state index in [1.807, 2.05) is 49.5 Å². The number of halogens is 1.